The highest BCUT2D eigenvalue weighted by Gasteiger charge is 2.33. The molecule has 1 heterocycles. The molecule has 1 saturated carbocycles. The molecule has 0 aliphatic heterocycles. The Labute approximate surface area is 124 Å². The van der Waals surface area contributed by atoms with E-state index in [9.17, 15) is 0 Å². The summed E-state index contributed by atoms with van der Waals surface area (Å²) in [5.41, 5.74) is 5.50. The van der Waals surface area contributed by atoms with Crippen LogP contribution in [0.2, 0.25) is 5.02 Å². The van der Waals surface area contributed by atoms with E-state index >= 15 is 0 Å². The summed E-state index contributed by atoms with van der Waals surface area (Å²) in [6, 6.07) is 8.79. The maximum Gasteiger partial charge on any atom is 0.0529 e. The lowest BCUT2D eigenvalue weighted by atomic mass is 9.99. The Morgan fingerprint density at radius 2 is 2.05 bits per heavy atom. The molecule has 1 N–H and O–H groups in total. The maximum atomic E-state index is 6.42. The molecule has 2 nitrogen and oxygen atoms in total. The molecule has 0 saturated heterocycles. The molecule has 20 heavy (non-hydrogen) atoms. The number of hydrogen-bond donors (Lipinski definition) is 1. The minimum absolute atomic E-state index is 0.463. The molecule has 1 atom stereocenters. The van der Waals surface area contributed by atoms with Crippen LogP contribution in [0.5, 0.6) is 0 Å². The third-order valence-corrected chi connectivity index (χ3v) is 4.67. The van der Waals surface area contributed by atoms with Crippen LogP contribution in [0.15, 0.2) is 36.7 Å². The Kier molecular flexibility index (Phi) is 2.92. The second-order valence-electron chi connectivity index (χ2n) is 5.86. The first kappa shape index (κ1) is 12.2. The quantitative estimate of drug-likeness (QED) is 0.914. The van der Waals surface area contributed by atoms with Crippen molar-refractivity contribution in [3.63, 3.8) is 0 Å². The van der Waals surface area contributed by atoms with Crippen molar-refractivity contribution in [3.05, 3.63) is 58.4 Å². The van der Waals surface area contributed by atoms with Crippen LogP contribution in [0.4, 0.5) is 5.69 Å². The minimum atomic E-state index is 0.463. The molecule has 1 unspecified atom stereocenters. The van der Waals surface area contributed by atoms with E-state index in [1.807, 2.05) is 12.3 Å². The summed E-state index contributed by atoms with van der Waals surface area (Å²) >= 11 is 6.42. The molecule has 1 fully saturated rings. The summed E-state index contributed by atoms with van der Waals surface area (Å²) in [5, 5.41) is 4.55. The van der Waals surface area contributed by atoms with Gasteiger partial charge in [0, 0.05) is 23.5 Å². The Hall–Kier alpha value is -1.54. The average molecular weight is 285 g/mol. The van der Waals surface area contributed by atoms with Gasteiger partial charge in [0.15, 0.2) is 0 Å². The van der Waals surface area contributed by atoms with Crippen molar-refractivity contribution in [2.24, 2.45) is 0 Å². The van der Waals surface area contributed by atoms with Crippen LogP contribution < -0.4 is 5.32 Å². The van der Waals surface area contributed by atoms with E-state index in [0.29, 0.717) is 6.04 Å². The van der Waals surface area contributed by atoms with Gasteiger partial charge in [-0.15, -0.1) is 0 Å². The Balaban J connectivity index is 1.59. The normalized spacial score (nSPS) is 20.8. The van der Waals surface area contributed by atoms with E-state index in [2.05, 4.69) is 28.5 Å². The van der Waals surface area contributed by atoms with Gasteiger partial charge < -0.3 is 5.32 Å². The van der Waals surface area contributed by atoms with Gasteiger partial charge in [-0.3, -0.25) is 4.98 Å². The molecule has 1 aromatic carbocycles. The molecule has 2 aliphatic carbocycles. The Bertz CT molecular complexity index is 635. The van der Waals surface area contributed by atoms with Crippen molar-refractivity contribution in [3.8, 4) is 0 Å². The molecule has 0 spiro atoms. The highest BCUT2D eigenvalue weighted by atomic mass is 35.5. The van der Waals surface area contributed by atoms with Gasteiger partial charge in [0.2, 0.25) is 0 Å². The van der Waals surface area contributed by atoms with Crippen LogP contribution in [-0.4, -0.2) is 11.0 Å². The monoisotopic (exact) mass is 284 g/mol. The van der Waals surface area contributed by atoms with E-state index in [4.69, 9.17) is 11.6 Å². The number of pyridine rings is 1. The van der Waals surface area contributed by atoms with Crippen molar-refractivity contribution in [2.75, 3.05) is 5.32 Å². The Morgan fingerprint density at radius 3 is 2.80 bits per heavy atom. The molecule has 2 aromatic rings. The summed E-state index contributed by atoms with van der Waals surface area (Å²) in [5.74, 6) is 0.717. The van der Waals surface area contributed by atoms with Crippen LogP contribution in [0.3, 0.4) is 0 Å². The number of nitrogens with one attached hydrogen (secondary N) is 1. The topological polar surface area (TPSA) is 24.9 Å². The van der Waals surface area contributed by atoms with Gasteiger partial charge in [0.05, 0.1) is 5.69 Å². The zero-order valence-corrected chi connectivity index (χ0v) is 12.0. The molecule has 4 rings (SSSR count). The zero-order chi connectivity index (χ0) is 13.5. The van der Waals surface area contributed by atoms with Gasteiger partial charge in [0.1, 0.15) is 0 Å². The van der Waals surface area contributed by atoms with Gasteiger partial charge in [-0.1, -0.05) is 17.7 Å². The SMILES string of the molecule is Clc1ccc2c(c1C1CC1)CC(Nc1cccnc1)C2. The molecule has 0 radical (unpaired) electrons. The number of hydrogen-bond acceptors (Lipinski definition) is 2. The maximum absolute atomic E-state index is 6.42. The molecule has 2 aliphatic rings. The van der Waals surface area contributed by atoms with Gasteiger partial charge in [0.25, 0.3) is 0 Å². The number of halogens is 1. The van der Waals surface area contributed by atoms with Crippen LogP contribution in [-0.2, 0) is 12.8 Å². The van der Waals surface area contributed by atoms with Crippen LogP contribution in [0.1, 0.15) is 35.4 Å². The molecule has 102 valence electrons. The molecule has 1 aromatic heterocycles. The molecule has 0 bridgehead atoms. The van der Waals surface area contributed by atoms with Crippen molar-refractivity contribution in [1.29, 1.82) is 0 Å². The number of anilines is 1. The lowest BCUT2D eigenvalue weighted by molar-refractivity contribution is 0.771. The van der Waals surface area contributed by atoms with Crippen LogP contribution >= 0.6 is 11.6 Å². The lowest BCUT2D eigenvalue weighted by Gasteiger charge is -2.13. The highest BCUT2D eigenvalue weighted by molar-refractivity contribution is 6.31. The summed E-state index contributed by atoms with van der Waals surface area (Å²) < 4.78 is 0. The minimum Gasteiger partial charge on any atom is -0.380 e. The fraction of sp³-hybridized carbons (Fsp3) is 0.353. The van der Waals surface area contributed by atoms with E-state index in [-0.39, 0.29) is 0 Å². The van der Waals surface area contributed by atoms with E-state index in [1.54, 1.807) is 6.20 Å². The number of aromatic nitrogens is 1. The molecule has 3 heteroatoms. The second-order valence-corrected chi connectivity index (χ2v) is 6.27. The molecular weight excluding hydrogens is 268 g/mol. The van der Waals surface area contributed by atoms with E-state index in [0.717, 1.165) is 29.5 Å². The van der Waals surface area contributed by atoms with E-state index in [1.165, 1.54) is 29.5 Å². The lowest BCUT2D eigenvalue weighted by Crippen LogP contribution is -2.19. The third kappa shape index (κ3) is 2.18. The first-order valence-electron chi connectivity index (χ1n) is 7.28. The predicted octanol–water partition coefficient (Wildman–Crippen LogP) is 4.19. The fourth-order valence-corrected chi connectivity index (χ4v) is 3.63. The second kappa shape index (κ2) is 4.78. The summed E-state index contributed by atoms with van der Waals surface area (Å²) in [6.07, 6.45) is 8.46. The first-order valence-corrected chi connectivity index (χ1v) is 7.66. The van der Waals surface area contributed by atoms with Gasteiger partial charge >= 0.3 is 0 Å². The van der Waals surface area contributed by atoms with Gasteiger partial charge in [-0.2, -0.15) is 0 Å². The van der Waals surface area contributed by atoms with Crippen molar-refractivity contribution in [2.45, 2.75) is 37.6 Å². The van der Waals surface area contributed by atoms with E-state index < -0.39 is 0 Å². The molecule has 0 amide bonds. The Morgan fingerprint density at radius 1 is 1.15 bits per heavy atom. The summed E-state index contributed by atoms with van der Waals surface area (Å²) in [7, 11) is 0. The predicted molar refractivity (Wildman–Crippen MR) is 82.5 cm³/mol. The average Bonchev–Trinajstić information content (AvgIpc) is 3.20. The standard InChI is InChI=1S/C17H17ClN2/c18-16-6-5-12-8-14(20-13-2-1-7-19-10-13)9-15(12)17(16)11-3-4-11/h1-2,5-7,10-11,14,20H,3-4,8-9H2. The smallest absolute Gasteiger partial charge is 0.0529 e. The number of nitrogens with zero attached hydrogens (tertiary/aromatic N) is 1. The van der Waals surface area contributed by atoms with Gasteiger partial charge in [-0.25, -0.2) is 0 Å². The third-order valence-electron chi connectivity index (χ3n) is 4.34. The first-order chi connectivity index (χ1) is 9.81. The number of fused-ring (bicyclic) bond motifs is 1. The van der Waals surface area contributed by atoms with Crippen molar-refractivity contribution in [1.82, 2.24) is 4.98 Å². The van der Waals surface area contributed by atoms with Gasteiger partial charge in [-0.05, 0) is 66.5 Å². The summed E-state index contributed by atoms with van der Waals surface area (Å²) in [4.78, 5) is 4.16. The van der Waals surface area contributed by atoms with Crippen molar-refractivity contribution < 1.29 is 0 Å². The summed E-state index contributed by atoms with van der Waals surface area (Å²) in [6.45, 7) is 0. The molecular formula is C17H17ClN2. The fourth-order valence-electron chi connectivity index (χ4n) is 3.30. The largest absolute Gasteiger partial charge is 0.380 e. The van der Waals surface area contributed by atoms with Crippen LogP contribution in [0, 0.1) is 0 Å². The van der Waals surface area contributed by atoms with Crippen molar-refractivity contribution >= 4 is 17.3 Å². The highest BCUT2D eigenvalue weighted by Crippen LogP contribution is 2.47. The zero-order valence-electron chi connectivity index (χ0n) is 11.3. The number of rotatable bonds is 3. The van der Waals surface area contributed by atoms with Crippen LogP contribution in [0.25, 0.3) is 0 Å². The number of benzene rings is 1.